The van der Waals surface area contributed by atoms with E-state index in [9.17, 15) is 4.39 Å². The normalized spacial score (nSPS) is 10.6. The van der Waals surface area contributed by atoms with Gasteiger partial charge >= 0.3 is 0 Å². The number of nitrogens with one attached hydrogen (secondary N) is 1. The first kappa shape index (κ1) is 14.0. The van der Waals surface area contributed by atoms with Gasteiger partial charge in [0.05, 0.1) is 0 Å². The molecule has 1 N–H and O–H groups in total. The second-order valence-electron chi connectivity index (χ2n) is 4.29. The van der Waals surface area contributed by atoms with Crippen LogP contribution in [0.3, 0.4) is 0 Å². The van der Waals surface area contributed by atoms with Gasteiger partial charge in [-0.3, -0.25) is 0 Å². The fourth-order valence-corrected chi connectivity index (χ4v) is 2.60. The van der Waals surface area contributed by atoms with E-state index in [4.69, 9.17) is 4.74 Å². The SMILES string of the molecule is CCCNCc1ccc(COc2cccc(F)c2)s1. The summed E-state index contributed by atoms with van der Waals surface area (Å²) in [4.78, 5) is 2.45. The summed E-state index contributed by atoms with van der Waals surface area (Å²) in [6.07, 6.45) is 1.14. The molecule has 102 valence electrons. The molecule has 0 fully saturated rings. The van der Waals surface area contributed by atoms with Crippen LogP contribution in [-0.2, 0) is 13.2 Å². The summed E-state index contributed by atoms with van der Waals surface area (Å²) < 4.78 is 18.5. The molecule has 0 amide bonds. The Labute approximate surface area is 117 Å². The number of halogens is 1. The maximum atomic E-state index is 13.0. The molecule has 1 aromatic carbocycles. The summed E-state index contributed by atoms with van der Waals surface area (Å²) in [7, 11) is 0. The maximum Gasteiger partial charge on any atom is 0.126 e. The molecule has 0 spiro atoms. The number of benzene rings is 1. The Balaban J connectivity index is 1.83. The Hall–Kier alpha value is -1.39. The zero-order valence-corrected chi connectivity index (χ0v) is 11.8. The minimum Gasteiger partial charge on any atom is -0.488 e. The number of hydrogen-bond acceptors (Lipinski definition) is 3. The van der Waals surface area contributed by atoms with Crippen LogP contribution in [0.4, 0.5) is 4.39 Å². The third-order valence-corrected chi connectivity index (χ3v) is 3.68. The van der Waals surface area contributed by atoms with Crippen LogP contribution >= 0.6 is 11.3 Å². The quantitative estimate of drug-likeness (QED) is 0.774. The van der Waals surface area contributed by atoms with Gasteiger partial charge in [0.25, 0.3) is 0 Å². The Kier molecular flexibility index (Phi) is 5.36. The van der Waals surface area contributed by atoms with Gasteiger partial charge in [-0.05, 0) is 37.2 Å². The second kappa shape index (κ2) is 7.26. The molecule has 0 saturated heterocycles. The first-order valence-corrected chi connectivity index (χ1v) is 7.26. The Morgan fingerprint density at radius 1 is 1.21 bits per heavy atom. The van der Waals surface area contributed by atoms with Crippen LogP contribution < -0.4 is 10.1 Å². The van der Waals surface area contributed by atoms with E-state index in [1.807, 2.05) is 0 Å². The van der Waals surface area contributed by atoms with Crippen LogP contribution in [0.1, 0.15) is 23.1 Å². The number of rotatable bonds is 7. The van der Waals surface area contributed by atoms with Crippen LogP contribution in [-0.4, -0.2) is 6.54 Å². The fraction of sp³-hybridized carbons (Fsp3) is 0.333. The molecule has 0 aliphatic rings. The summed E-state index contributed by atoms with van der Waals surface area (Å²) in [6, 6.07) is 10.4. The summed E-state index contributed by atoms with van der Waals surface area (Å²) in [5.74, 6) is 0.298. The Morgan fingerprint density at radius 2 is 2.05 bits per heavy atom. The minimum atomic E-state index is -0.270. The predicted octanol–water partition coefficient (Wildman–Crippen LogP) is 3.97. The topological polar surface area (TPSA) is 21.3 Å². The second-order valence-corrected chi connectivity index (χ2v) is 5.54. The molecule has 2 nitrogen and oxygen atoms in total. The van der Waals surface area contributed by atoms with Crippen LogP contribution in [0.25, 0.3) is 0 Å². The van der Waals surface area contributed by atoms with Crippen LogP contribution in [0.2, 0.25) is 0 Å². The zero-order valence-electron chi connectivity index (χ0n) is 11.0. The highest BCUT2D eigenvalue weighted by Gasteiger charge is 2.02. The Morgan fingerprint density at radius 3 is 2.84 bits per heavy atom. The molecule has 0 saturated carbocycles. The molecule has 4 heteroatoms. The lowest BCUT2D eigenvalue weighted by atomic mass is 10.3. The van der Waals surface area contributed by atoms with Gasteiger partial charge in [-0.2, -0.15) is 0 Å². The summed E-state index contributed by atoms with van der Waals surface area (Å²) in [5, 5.41) is 3.37. The van der Waals surface area contributed by atoms with Crippen LogP contribution in [0.15, 0.2) is 36.4 Å². The molecule has 0 aliphatic heterocycles. The van der Waals surface area contributed by atoms with Crippen molar-refractivity contribution in [3.8, 4) is 5.75 Å². The lowest BCUT2D eigenvalue weighted by Crippen LogP contribution is -2.12. The standard InChI is InChI=1S/C15H18FNOS/c1-2-8-17-10-14-6-7-15(19-14)11-18-13-5-3-4-12(16)9-13/h3-7,9,17H,2,8,10-11H2,1H3. The van der Waals surface area contributed by atoms with Crippen molar-refractivity contribution in [2.24, 2.45) is 0 Å². The van der Waals surface area contributed by atoms with Crippen molar-refractivity contribution >= 4 is 11.3 Å². The highest BCUT2D eigenvalue weighted by atomic mass is 32.1. The van der Waals surface area contributed by atoms with Crippen molar-refractivity contribution in [2.45, 2.75) is 26.5 Å². The minimum absolute atomic E-state index is 0.270. The zero-order chi connectivity index (χ0) is 13.5. The molecule has 0 unspecified atom stereocenters. The molecule has 0 bridgehead atoms. The van der Waals surface area contributed by atoms with Gasteiger partial charge in [-0.1, -0.05) is 13.0 Å². The highest BCUT2D eigenvalue weighted by Crippen LogP contribution is 2.19. The lowest BCUT2D eigenvalue weighted by Gasteiger charge is -2.04. The molecule has 0 aliphatic carbocycles. The smallest absolute Gasteiger partial charge is 0.126 e. The van der Waals surface area contributed by atoms with E-state index in [0.717, 1.165) is 24.4 Å². The number of thiophene rings is 1. The van der Waals surface area contributed by atoms with E-state index >= 15 is 0 Å². The van der Waals surface area contributed by atoms with Crippen molar-refractivity contribution < 1.29 is 9.13 Å². The fourth-order valence-electron chi connectivity index (χ4n) is 1.69. The third kappa shape index (κ3) is 4.65. The van der Waals surface area contributed by atoms with Crippen molar-refractivity contribution in [3.63, 3.8) is 0 Å². The molecular weight excluding hydrogens is 261 g/mol. The molecule has 2 rings (SSSR count). The third-order valence-electron chi connectivity index (χ3n) is 2.62. The van der Waals surface area contributed by atoms with Crippen LogP contribution in [0.5, 0.6) is 5.75 Å². The van der Waals surface area contributed by atoms with Gasteiger partial charge in [-0.15, -0.1) is 11.3 Å². The predicted molar refractivity (Wildman–Crippen MR) is 77.0 cm³/mol. The molecule has 19 heavy (non-hydrogen) atoms. The van der Waals surface area contributed by atoms with E-state index in [0.29, 0.717) is 12.4 Å². The number of hydrogen-bond donors (Lipinski definition) is 1. The van der Waals surface area contributed by atoms with Crippen molar-refractivity contribution in [3.05, 3.63) is 52.0 Å². The van der Waals surface area contributed by atoms with Gasteiger partial charge in [0, 0.05) is 22.4 Å². The van der Waals surface area contributed by atoms with E-state index < -0.39 is 0 Å². The first-order chi connectivity index (χ1) is 9.28. The van der Waals surface area contributed by atoms with Crippen molar-refractivity contribution in [2.75, 3.05) is 6.54 Å². The largest absolute Gasteiger partial charge is 0.488 e. The van der Waals surface area contributed by atoms with Gasteiger partial charge in [0.1, 0.15) is 18.2 Å². The van der Waals surface area contributed by atoms with Gasteiger partial charge < -0.3 is 10.1 Å². The van der Waals surface area contributed by atoms with E-state index in [2.05, 4.69) is 24.4 Å². The average Bonchev–Trinajstić information content (AvgIpc) is 2.85. The summed E-state index contributed by atoms with van der Waals surface area (Å²) in [6.45, 7) is 4.58. The van der Waals surface area contributed by atoms with Crippen molar-refractivity contribution in [1.82, 2.24) is 5.32 Å². The molecule has 0 radical (unpaired) electrons. The van der Waals surface area contributed by atoms with Crippen LogP contribution in [0, 0.1) is 5.82 Å². The highest BCUT2D eigenvalue weighted by molar-refractivity contribution is 7.11. The van der Waals surface area contributed by atoms with Crippen molar-refractivity contribution in [1.29, 1.82) is 0 Å². The van der Waals surface area contributed by atoms with E-state index in [1.165, 1.54) is 17.0 Å². The monoisotopic (exact) mass is 279 g/mol. The molecule has 2 aromatic rings. The number of ether oxygens (including phenoxy) is 1. The van der Waals surface area contributed by atoms with Gasteiger partial charge in [0.2, 0.25) is 0 Å². The van der Waals surface area contributed by atoms with Gasteiger partial charge in [-0.25, -0.2) is 4.39 Å². The first-order valence-electron chi connectivity index (χ1n) is 6.44. The van der Waals surface area contributed by atoms with Gasteiger partial charge in [0.15, 0.2) is 0 Å². The molecule has 1 aromatic heterocycles. The van der Waals surface area contributed by atoms with E-state index in [-0.39, 0.29) is 5.82 Å². The molecular formula is C15H18FNOS. The summed E-state index contributed by atoms with van der Waals surface area (Å²) >= 11 is 1.73. The molecule has 0 atom stereocenters. The Bertz CT molecular complexity index is 512. The average molecular weight is 279 g/mol. The lowest BCUT2D eigenvalue weighted by molar-refractivity contribution is 0.308. The molecule has 1 heterocycles. The maximum absolute atomic E-state index is 13.0. The summed E-state index contributed by atoms with van der Waals surface area (Å²) in [5.41, 5.74) is 0. The van der Waals surface area contributed by atoms with E-state index in [1.54, 1.807) is 23.5 Å².